The molecule has 1 heterocycles. The van der Waals surface area contributed by atoms with E-state index >= 15 is 0 Å². The van der Waals surface area contributed by atoms with Crippen LogP contribution in [0.15, 0.2) is 52.9 Å². The molecule has 0 aliphatic heterocycles. The zero-order valence-corrected chi connectivity index (χ0v) is 14.4. The minimum absolute atomic E-state index is 0.264. The summed E-state index contributed by atoms with van der Waals surface area (Å²) in [6.45, 7) is 6.13. The first kappa shape index (κ1) is 16.4. The van der Waals surface area contributed by atoms with Gasteiger partial charge in [0.15, 0.2) is 5.76 Å². The number of hydrogen-bond acceptors (Lipinski definition) is 3. The van der Waals surface area contributed by atoms with Gasteiger partial charge in [0, 0.05) is 34.9 Å². The predicted octanol–water partition coefficient (Wildman–Crippen LogP) is 5.18. The number of halogens is 1. The van der Waals surface area contributed by atoms with Gasteiger partial charge in [-0.1, -0.05) is 11.6 Å². The summed E-state index contributed by atoms with van der Waals surface area (Å²) in [7, 11) is 0. The molecule has 0 spiro atoms. The van der Waals surface area contributed by atoms with Crippen LogP contribution in [0.1, 0.15) is 24.4 Å². The molecule has 0 bridgehead atoms. The quantitative estimate of drug-likeness (QED) is 0.694. The van der Waals surface area contributed by atoms with Gasteiger partial charge < -0.3 is 14.6 Å². The third kappa shape index (κ3) is 3.39. The molecule has 3 aromatic rings. The topological polar surface area (TPSA) is 45.5 Å². The standard InChI is InChI=1S/C19H19ClN2O2/c1-3-22(4-2)16-8-6-15(7-9-16)21-19(23)18-12-13-11-14(20)5-10-17(13)24-18/h5-12H,3-4H2,1-2H3,(H,21,23). The highest BCUT2D eigenvalue weighted by Crippen LogP contribution is 2.24. The third-order valence-corrected chi connectivity index (χ3v) is 4.19. The van der Waals surface area contributed by atoms with Gasteiger partial charge >= 0.3 is 0 Å². The Kier molecular flexibility index (Phi) is 4.76. The summed E-state index contributed by atoms with van der Waals surface area (Å²) in [5.41, 5.74) is 2.51. The number of benzene rings is 2. The van der Waals surface area contributed by atoms with Gasteiger partial charge in [-0.25, -0.2) is 0 Å². The Morgan fingerprint density at radius 2 is 1.79 bits per heavy atom. The zero-order chi connectivity index (χ0) is 17.1. The average molecular weight is 343 g/mol. The van der Waals surface area contributed by atoms with Gasteiger partial charge in [-0.2, -0.15) is 0 Å². The van der Waals surface area contributed by atoms with Crippen molar-refractivity contribution in [1.29, 1.82) is 0 Å². The number of carbonyl (C=O) groups is 1. The van der Waals surface area contributed by atoms with Crippen molar-refractivity contribution < 1.29 is 9.21 Å². The molecule has 0 atom stereocenters. The Balaban J connectivity index is 1.76. The van der Waals surface area contributed by atoms with Gasteiger partial charge in [-0.05, 0) is 62.4 Å². The van der Waals surface area contributed by atoms with Crippen LogP contribution < -0.4 is 10.2 Å². The van der Waals surface area contributed by atoms with Crippen LogP contribution in [0.2, 0.25) is 5.02 Å². The number of amides is 1. The molecule has 1 aromatic heterocycles. The van der Waals surface area contributed by atoms with E-state index in [4.69, 9.17) is 16.0 Å². The van der Waals surface area contributed by atoms with Crippen molar-refractivity contribution >= 4 is 39.9 Å². The van der Waals surface area contributed by atoms with Crippen molar-refractivity contribution in [2.45, 2.75) is 13.8 Å². The lowest BCUT2D eigenvalue weighted by molar-refractivity contribution is 0.0998. The lowest BCUT2D eigenvalue weighted by atomic mass is 10.2. The molecule has 124 valence electrons. The third-order valence-electron chi connectivity index (χ3n) is 3.96. The summed E-state index contributed by atoms with van der Waals surface area (Å²) in [5, 5.41) is 4.27. The van der Waals surface area contributed by atoms with E-state index < -0.39 is 0 Å². The van der Waals surface area contributed by atoms with Crippen LogP contribution in [0.4, 0.5) is 11.4 Å². The molecule has 0 saturated heterocycles. The first-order valence-corrected chi connectivity index (χ1v) is 8.34. The minimum atomic E-state index is -0.280. The summed E-state index contributed by atoms with van der Waals surface area (Å²) in [4.78, 5) is 14.6. The van der Waals surface area contributed by atoms with Crippen molar-refractivity contribution in [2.75, 3.05) is 23.3 Å². The Labute approximate surface area is 146 Å². The van der Waals surface area contributed by atoms with Crippen LogP contribution in [0.25, 0.3) is 11.0 Å². The molecule has 0 radical (unpaired) electrons. The maximum absolute atomic E-state index is 12.4. The van der Waals surface area contributed by atoms with E-state index in [-0.39, 0.29) is 11.7 Å². The minimum Gasteiger partial charge on any atom is -0.451 e. The van der Waals surface area contributed by atoms with E-state index in [2.05, 4.69) is 24.1 Å². The van der Waals surface area contributed by atoms with Gasteiger partial charge in [0.2, 0.25) is 0 Å². The second kappa shape index (κ2) is 6.97. The van der Waals surface area contributed by atoms with Gasteiger partial charge in [-0.15, -0.1) is 0 Å². The van der Waals surface area contributed by atoms with Crippen molar-refractivity contribution in [3.8, 4) is 0 Å². The van der Waals surface area contributed by atoms with Gasteiger partial charge in [0.25, 0.3) is 5.91 Å². The summed E-state index contributed by atoms with van der Waals surface area (Å²) in [6, 6.07) is 14.8. The van der Waals surface area contributed by atoms with E-state index in [1.165, 1.54) is 0 Å². The first-order valence-electron chi connectivity index (χ1n) is 7.96. The number of carbonyl (C=O) groups excluding carboxylic acids is 1. The summed E-state index contributed by atoms with van der Waals surface area (Å²) < 4.78 is 5.57. The fraction of sp³-hybridized carbons (Fsp3) is 0.211. The van der Waals surface area contributed by atoms with Gasteiger partial charge in [-0.3, -0.25) is 4.79 Å². The van der Waals surface area contributed by atoms with Crippen LogP contribution in [0, 0.1) is 0 Å². The number of nitrogens with one attached hydrogen (secondary N) is 1. The van der Waals surface area contributed by atoms with Crippen molar-refractivity contribution in [2.24, 2.45) is 0 Å². The largest absolute Gasteiger partial charge is 0.451 e. The molecule has 0 aliphatic rings. The van der Waals surface area contributed by atoms with Crippen LogP contribution in [-0.4, -0.2) is 19.0 Å². The molecule has 24 heavy (non-hydrogen) atoms. The molecule has 0 aliphatic carbocycles. The van der Waals surface area contributed by atoms with Crippen molar-refractivity contribution in [3.05, 3.63) is 59.3 Å². The van der Waals surface area contributed by atoms with E-state index in [9.17, 15) is 4.79 Å². The van der Waals surface area contributed by atoms with E-state index in [0.717, 1.165) is 29.9 Å². The molecule has 1 N–H and O–H groups in total. The Morgan fingerprint density at radius 3 is 2.46 bits per heavy atom. The van der Waals surface area contributed by atoms with Crippen molar-refractivity contribution in [1.82, 2.24) is 0 Å². The van der Waals surface area contributed by atoms with Crippen molar-refractivity contribution in [3.63, 3.8) is 0 Å². The fourth-order valence-electron chi connectivity index (χ4n) is 2.66. The van der Waals surface area contributed by atoms with Crippen LogP contribution in [-0.2, 0) is 0 Å². The molecule has 0 unspecified atom stereocenters. The van der Waals surface area contributed by atoms with Crippen LogP contribution in [0.3, 0.4) is 0 Å². The number of rotatable bonds is 5. The molecule has 0 saturated carbocycles. The SMILES string of the molecule is CCN(CC)c1ccc(NC(=O)c2cc3cc(Cl)ccc3o2)cc1. The molecule has 1 amide bonds. The smallest absolute Gasteiger partial charge is 0.291 e. The molecular weight excluding hydrogens is 324 g/mol. The average Bonchev–Trinajstić information content (AvgIpc) is 3.00. The first-order chi connectivity index (χ1) is 11.6. The molecular formula is C19H19ClN2O2. The summed E-state index contributed by atoms with van der Waals surface area (Å²) in [5.74, 6) is -0.0157. The molecule has 2 aromatic carbocycles. The Bertz CT molecular complexity index is 851. The normalized spacial score (nSPS) is 10.8. The molecule has 3 rings (SSSR count). The number of furan rings is 1. The lowest BCUT2D eigenvalue weighted by Crippen LogP contribution is -2.21. The molecule has 5 heteroatoms. The van der Waals surface area contributed by atoms with E-state index in [1.54, 1.807) is 24.3 Å². The second-order valence-electron chi connectivity index (χ2n) is 5.47. The highest BCUT2D eigenvalue weighted by molar-refractivity contribution is 6.31. The highest BCUT2D eigenvalue weighted by atomic mass is 35.5. The number of anilines is 2. The number of fused-ring (bicyclic) bond motifs is 1. The molecule has 0 fully saturated rings. The maximum Gasteiger partial charge on any atom is 0.291 e. The summed E-state index contributed by atoms with van der Waals surface area (Å²) >= 11 is 5.96. The van der Waals surface area contributed by atoms with E-state index in [0.29, 0.717) is 10.6 Å². The second-order valence-corrected chi connectivity index (χ2v) is 5.90. The number of nitrogens with zero attached hydrogens (tertiary/aromatic N) is 1. The van der Waals surface area contributed by atoms with Crippen LogP contribution in [0.5, 0.6) is 0 Å². The number of hydrogen-bond donors (Lipinski definition) is 1. The fourth-order valence-corrected chi connectivity index (χ4v) is 2.84. The Morgan fingerprint density at radius 1 is 1.08 bits per heavy atom. The molecule has 4 nitrogen and oxygen atoms in total. The summed E-state index contributed by atoms with van der Waals surface area (Å²) in [6.07, 6.45) is 0. The highest BCUT2D eigenvalue weighted by Gasteiger charge is 2.13. The zero-order valence-electron chi connectivity index (χ0n) is 13.7. The van der Waals surface area contributed by atoms with Crippen LogP contribution >= 0.6 is 11.6 Å². The van der Waals surface area contributed by atoms with Gasteiger partial charge in [0.1, 0.15) is 5.58 Å². The Hall–Kier alpha value is -2.46. The monoisotopic (exact) mass is 342 g/mol. The van der Waals surface area contributed by atoms with E-state index in [1.807, 2.05) is 24.3 Å². The lowest BCUT2D eigenvalue weighted by Gasteiger charge is -2.21. The predicted molar refractivity (Wildman–Crippen MR) is 99.2 cm³/mol. The van der Waals surface area contributed by atoms with Gasteiger partial charge in [0.05, 0.1) is 0 Å². The maximum atomic E-state index is 12.4.